The van der Waals surface area contributed by atoms with Crippen LogP contribution in [0.3, 0.4) is 0 Å². The average molecular weight is 355 g/mol. The highest BCUT2D eigenvalue weighted by molar-refractivity contribution is 6.33. The van der Waals surface area contributed by atoms with Gasteiger partial charge >= 0.3 is 0 Å². The number of para-hydroxylation sites is 1. The monoisotopic (exact) mass is 354 g/mol. The molecule has 1 aromatic carbocycles. The third-order valence-electron chi connectivity index (χ3n) is 5.64. The van der Waals surface area contributed by atoms with Gasteiger partial charge in [0.25, 0.3) is 0 Å². The molecular weight excluding hydrogens is 332 g/mol. The largest absolute Gasteiger partial charge is 0.483 e. The number of hydrogen-bond acceptors (Lipinski definition) is 3. The Morgan fingerprint density at radius 1 is 1.12 bits per heavy atom. The van der Waals surface area contributed by atoms with Crippen LogP contribution in [0.2, 0.25) is 5.02 Å². The number of rotatable bonds is 1. The molecule has 2 heterocycles. The molecule has 130 valence electrons. The van der Waals surface area contributed by atoms with E-state index >= 15 is 0 Å². The van der Waals surface area contributed by atoms with Crippen LogP contribution in [-0.4, -0.2) is 21.8 Å². The summed E-state index contributed by atoms with van der Waals surface area (Å²) >= 11 is 6.49. The first kappa shape index (κ1) is 16.6. The van der Waals surface area contributed by atoms with E-state index in [1.54, 1.807) is 0 Å². The molecule has 0 saturated heterocycles. The maximum absolute atomic E-state index is 6.49. The minimum Gasteiger partial charge on any atom is -0.483 e. The minimum atomic E-state index is -0.487. The van der Waals surface area contributed by atoms with Crippen molar-refractivity contribution in [3.63, 3.8) is 0 Å². The van der Waals surface area contributed by atoms with E-state index in [4.69, 9.17) is 21.3 Å². The number of fused-ring (bicyclic) bond motifs is 2. The van der Waals surface area contributed by atoms with E-state index in [2.05, 4.69) is 38.7 Å². The Morgan fingerprint density at radius 3 is 2.72 bits per heavy atom. The zero-order valence-corrected chi connectivity index (χ0v) is 15.9. The molecule has 0 amide bonds. The van der Waals surface area contributed by atoms with Crippen molar-refractivity contribution in [2.24, 2.45) is 4.99 Å². The molecule has 2 aromatic rings. The number of hydrogen-bond donors (Lipinski definition) is 0. The van der Waals surface area contributed by atoms with Crippen molar-refractivity contribution >= 4 is 17.3 Å². The van der Waals surface area contributed by atoms with Gasteiger partial charge in [0, 0.05) is 23.0 Å². The van der Waals surface area contributed by atoms with Crippen LogP contribution in [0.25, 0.3) is 0 Å². The summed E-state index contributed by atoms with van der Waals surface area (Å²) in [7, 11) is 0. The van der Waals surface area contributed by atoms with E-state index in [-0.39, 0.29) is 0 Å². The lowest BCUT2D eigenvalue weighted by molar-refractivity contribution is 0.0442. The van der Waals surface area contributed by atoms with E-state index in [1.807, 2.05) is 24.4 Å². The van der Waals surface area contributed by atoms with E-state index in [0.29, 0.717) is 10.8 Å². The Balaban J connectivity index is 1.96. The van der Waals surface area contributed by atoms with Gasteiger partial charge in [0.05, 0.1) is 16.3 Å². The Labute approximate surface area is 154 Å². The maximum atomic E-state index is 6.49. The molecule has 2 aliphatic rings. The predicted molar refractivity (Wildman–Crippen MR) is 102 cm³/mol. The summed E-state index contributed by atoms with van der Waals surface area (Å²) in [6.45, 7) is 8.34. The van der Waals surface area contributed by atoms with E-state index in [1.165, 1.54) is 17.7 Å². The Morgan fingerprint density at radius 2 is 1.92 bits per heavy atom. The van der Waals surface area contributed by atoms with Crippen molar-refractivity contribution in [2.75, 3.05) is 0 Å². The molecule has 1 aliphatic carbocycles. The quantitative estimate of drug-likeness (QED) is 0.721. The van der Waals surface area contributed by atoms with Crippen LogP contribution in [0.1, 0.15) is 56.5 Å². The fraction of sp³-hybridized carbons (Fsp3) is 0.429. The van der Waals surface area contributed by atoms with Gasteiger partial charge in [-0.1, -0.05) is 17.7 Å². The van der Waals surface area contributed by atoms with Crippen LogP contribution in [0, 0.1) is 0 Å². The number of aromatic nitrogens is 1. The van der Waals surface area contributed by atoms with Crippen molar-refractivity contribution in [2.45, 2.75) is 58.1 Å². The lowest BCUT2D eigenvalue weighted by Gasteiger charge is -2.37. The van der Waals surface area contributed by atoms with Crippen molar-refractivity contribution in [3.05, 3.63) is 57.9 Å². The lowest BCUT2D eigenvalue weighted by atomic mass is 9.86. The summed E-state index contributed by atoms with van der Waals surface area (Å²) in [5.74, 6) is 0.707. The molecule has 0 saturated carbocycles. The van der Waals surface area contributed by atoms with Crippen LogP contribution in [0.5, 0.6) is 5.75 Å². The van der Waals surface area contributed by atoms with Gasteiger partial charge in [-0.15, -0.1) is 0 Å². The zero-order chi connectivity index (χ0) is 17.8. The van der Waals surface area contributed by atoms with Gasteiger partial charge in [-0.25, -0.2) is 0 Å². The summed E-state index contributed by atoms with van der Waals surface area (Å²) in [5.41, 5.74) is 4.55. The molecule has 4 heteroatoms. The normalized spacial score (nSPS) is 20.1. The van der Waals surface area contributed by atoms with Gasteiger partial charge < -0.3 is 4.74 Å². The van der Waals surface area contributed by atoms with Gasteiger partial charge in [-0.2, -0.15) is 0 Å². The van der Waals surface area contributed by atoms with Crippen molar-refractivity contribution in [3.8, 4) is 5.75 Å². The third kappa shape index (κ3) is 2.65. The maximum Gasteiger partial charge on any atom is 0.148 e. The molecule has 0 radical (unpaired) electrons. The van der Waals surface area contributed by atoms with Crippen LogP contribution in [0.4, 0.5) is 0 Å². The molecule has 0 bridgehead atoms. The Hall–Kier alpha value is -1.87. The van der Waals surface area contributed by atoms with Gasteiger partial charge in [-0.05, 0) is 70.7 Å². The molecule has 25 heavy (non-hydrogen) atoms. The molecular formula is C21H23ClN2O. The number of halogens is 1. The number of benzene rings is 1. The van der Waals surface area contributed by atoms with E-state index in [9.17, 15) is 0 Å². The van der Waals surface area contributed by atoms with Crippen LogP contribution < -0.4 is 4.74 Å². The molecule has 1 aromatic heterocycles. The molecule has 3 nitrogen and oxygen atoms in total. The molecule has 0 fully saturated rings. The fourth-order valence-electron chi connectivity index (χ4n) is 3.43. The second-order valence-electron chi connectivity index (χ2n) is 7.93. The van der Waals surface area contributed by atoms with E-state index < -0.39 is 11.1 Å². The molecule has 0 N–H and O–H groups in total. The number of aliphatic imine (C=N–C) groups is 1. The number of ether oxygens (including phenoxy) is 1. The van der Waals surface area contributed by atoms with Gasteiger partial charge in [-0.3, -0.25) is 9.98 Å². The van der Waals surface area contributed by atoms with Crippen molar-refractivity contribution < 1.29 is 4.74 Å². The van der Waals surface area contributed by atoms with Gasteiger partial charge in [0.1, 0.15) is 11.4 Å². The van der Waals surface area contributed by atoms with Gasteiger partial charge in [0.2, 0.25) is 0 Å². The second-order valence-corrected chi connectivity index (χ2v) is 8.34. The third-order valence-corrected chi connectivity index (χ3v) is 5.93. The summed E-state index contributed by atoms with van der Waals surface area (Å²) in [6.07, 6.45) is 5.30. The van der Waals surface area contributed by atoms with Gasteiger partial charge in [0.15, 0.2) is 0 Å². The number of nitrogens with zero attached hydrogens (tertiary/aromatic N) is 2. The minimum absolute atomic E-state index is 0.413. The highest BCUT2D eigenvalue weighted by Gasteiger charge is 2.43. The number of aryl methyl sites for hydroxylation is 2. The molecule has 4 rings (SSSR count). The first-order valence-electron chi connectivity index (χ1n) is 8.84. The zero-order valence-electron chi connectivity index (χ0n) is 15.2. The first-order valence-corrected chi connectivity index (χ1v) is 9.22. The second kappa shape index (κ2) is 5.57. The summed E-state index contributed by atoms with van der Waals surface area (Å²) in [4.78, 5) is 9.82. The summed E-state index contributed by atoms with van der Waals surface area (Å²) < 4.78 is 6.37. The molecule has 0 atom stereocenters. The lowest BCUT2D eigenvalue weighted by Crippen LogP contribution is -2.48. The van der Waals surface area contributed by atoms with Crippen LogP contribution >= 0.6 is 11.6 Å². The first-order chi connectivity index (χ1) is 11.8. The Kier molecular flexibility index (Phi) is 3.69. The fourth-order valence-corrected chi connectivity index (χ4v) is 3.64. The predicted octanol–water partition coefficient (Wildman–Crippen LogP) is 5.01. The number of pyridine rings is 1. The average Bonchev–Trinajstić information content (AvgIpc) is 2.99. The van der Waals surface area contributed by atoms with E-state index in [0.717, 1.165) is 29.7 Å². The van der Waals surface area contributed by atoms with Crippen molar-refractivity contribution in [1.82, 2.24) is 4.98 Å². The SMILES string of the molecule is CC1(C)N=C(c2cnc3c(c2)CCC3)c2cccc(Cl)c2OC1(C)C. The van der Waals surface area contributed by atoms with Crippen LogP contribution in [-0.2, 0) is 12.8 Å². The summed E-state index contributed by atoms with van der Waals surface area (Å²) in [5, 5.41) is 0.616. The van der Waals surface area contributed by atoms with Crippen LogP contribution in [0.15, 0.2) is 35.5 Å². The molecule has 0 spiro atoms. The topological polar surface area (TPSA) is 34.5 Å². The highest BCUT2D eigenvalue weighted by atomic mass is 35.5. The van der Waals surface area contributed by atoms with Crippen molar-refractivity contribution in [1.29, 1.82) is 0 Å². The standard InChI is InChI=1S/C21H23ClN2O/c1-20(2)21(3,4)25-19-15(8-6-9-16(19)22)18(24-20)14-11-13-7-5-10-17(13)23-12-14/h6,8-9,11-12H,5,7,10H2,1-4H3. The molecule has 1 aliphatic heterocycles. The summed E-state index contributed by atoms with van der Waals surface area (Å²) in [6, 6.07) is 8.09. The Bertz CT molecular complexity index is 883. The highest BCUT2D eigenvalue weighted by Crippen LogP contribution is 2.41. The molecule has 0 unspecified atom stereocenters. The smallest absolute Gasteiger partial charge is 0.148 e.